The summed E-state index contributed by atoms with van der Waals surface area (Å²) in [5.74, 6) is 0. The second-order valence-corrected chi connectivity index (χ2v) is 5.45. The topological polar surface area (TPSA) is 79.0 Å². The molecule has 6 heteroatoms. The minimum Gasteiger partial charge on any atom is -0.444 e. The molecule has 0 saturated heterocycles. The summed E-state index contributed by atoms with van der Waals surface area (Å²) in [7, 11) is 0. The van der Waals surface area contributed by atoms with E-state index < -0.39 is 5.60 Å². The number of amides is 1. The van der Waals surface area contributed by atoms with E-state index in [-0.39, 0.29) is 12.1 Å². The normalized spacial score (nSPS) is 13.1. The molecule has 19 heavy (non-hydrogen) atoms. The molecule has 0 aliphatic rings. The Hall–Kier alpha value is -1.56. The van der Waals surface area contributed by atoms with Crippen LogP contribution in [0, 0.1) is 0 Å². The number of rotatable bonds is 6. The van der Waals surface area contributed by atoms with Crippen molar-refractivity contribution in [2.45, 2.75) is 52.3 Å². The monoisotopic (exact) mass is 268 g/mol. The van der Waals surface area contributed by atoms with Gasteiger partial charge in [0.05, 0.1) is 0 Å². The molecular weight excluding hydrogens is 244 g/mol. The van der Waals surface area contributed by atoms with Gasteiger partial charge in [-0.15, -0.1) is 0 Å². The predicted molar refractivity (Wildman–Crippen MR) is 73.7 cm³/mol. The van der Waals surface area contributed by atoms with Gasteiger partial charge in [-0.25, -0.2) is 4.79 Å². The molecule has 1 rings (SSSR count). The van der Waals surface area contributed by atoms with Gasteiger partial charge in [-0.2, -0.15) is 5.10 Å². The fraction of sp³-hybridized carbons (Fsp3) is 0.692. The molecule has 0 aliphatic heterocycles. The number of alkyl carbamates (subject to hydrolysis) is 1. The van der Waals surface area contributed by atoms with Crippen molar-refractivity contribution in [3.05, 3.63) is 18.0 Å². The van der Waals surface area contributed by atoms with E-state index in [1.807, 2.05) is 26.8 Å². The third-order valence-corrected chi connectivity index (χ3v) is 2.52. The molecule has 1 atom stereocenters. The van der Waals surface area contributed by atoms with E-state index >= 15 is 0 Å². The highest BCUT2D eigenvalue weighted by atomic mass is 16.6. The van der Waals surface area contributed by atoms with Crippen molar-refractivity contribution in [3.63, 3.8) is 0 Å². The standard InChI is InChI=1S/C13H24N4O2/c1-5-10(14-9-11-6-7-16-17-11)8-15-12(18)19-13(2,3)4/h6-7,10,14H,5,8-9H2,1-4H3,(H,15,18)(H,16,17). The highest BCUT2D eigenvalue weighted by Gasteiger charge is 2.16. The molecule has 6 nitrogen and oxygen atoms in total. The Morgan fingerprint density at radius 1 is 1.53 bits per heavy atom. The number of nitrogens with zero attached hydrogens (tertiary/aromatic N) is 1. The third kappa shape index (κ3) is 6.81. The van der Waals surface area contributed by atoms with Crippen LogP contribution in [-0.4, -0.2) is 34.5 Å². The third-order valence-electron chi connectivity index (χ3n) is 2.52. The van der Waals surface area contributed by atoms with Gasteiger partial charge >= 0.3 is 6.09 Å². The lowest BCUT2D eigenvalue weighted by Gasteiger charge is -2.22. The number of aromatic nitrogens is 2. The molecule has 1 aromatic heterocycles. The van der Waals surface area contributed by atoms with E-state index in [4.69, 9.17) is 4.74 Å². The highest BCUT2D eigenvalue weighted by molar-refractivity contribution is 5.67. The van der Waals surface area contributed by atoms with Gasteiger partial charge in [0.2, 0.25) is 0 Å². The van der Waals surface area contributed by atoms with Crippen molar-refractivity contribution in [1.29, 1.82) is 0 Å². The van der Waals surface area contributed by atoms with Crippen LogP contribution >= 0.6 is 0 Å². The highest BCUT2D eigenvalue weighted by Crippen LogP contribution is 2.06. The van der Waals surface area contributed by atoms with E-state index in [1.54, 1.807) is 6.20 Å². The second-order valence-electron chi connectivity index (χ2n) is 5.45. The number of carbonyl (C=O) groups is 1. The maximum Gasteiger partial charge on any atom is 0.407 e. The van der Waals surface area contributed by atoms with Gasteiger partial charge in [0, 0.05) is 31.0 Å². The molecule has 0 saturated carbocycles. The number of nitrogens with one attached hydrogen (secondary N) is 3. The molecule has 0 fully saturated rings. The summed E-state index contributed by atoms with van der Waals surface area (Å²) < 4.78 is 5.19. The first kappa shape index (κ1) is 15.5. The van der Waals surface area contributed by atoms with Crippen LogP contribution in [0.4, 0.5) is 4.79 Å². The zero-order valence-corrected chi connectivity index (χ0v) is 12.1. The zero-order valence-electron chi connectivity index (χ0n) is 12.1. The van der Waals surface area contributed by atoms with Crippen molar-refractivity contribution in [2.24, 2.45) is 0 Å². The van der Waals surface area contributed by atoms with Crippen LogP contribution in [-0.2, 0) is 11.3 Å². The molecule has 1 amide bonds. The SMILES string of the molecule is CCC(CNC(=O)OC(C)(C)C)NCc1ccn[nH]1. The lowest BCUT2D eigenvalue weighted by Crippen LogP contribution is -2.42. The Kier molecular flexibility index (Phi) is 5.82. The van der Waals surface area contributed by atoms with E-state index in [0.29, 0.717) is 13.1 Å². The molecule has 0 bridgehead atoms. The average Bonchev–Trinajstić information content (AvgIpc) is 2.80. The van der Waals surface area contributed by atoms with Crippen molar-refractivity contribution in [2.75, 3.05) is 6.54 Å². The Morgan fingerprint density at radius 2 is 2.26 bits per heavy atom. The average molecular weight is 268 g/mol. The summed E-state index contributed by atoms with van der Waals surface area (Å²) in [4.78, 5) is 11.5. The van der Waals surface area contributed by atoms with Gasteiger partial charge in [-0.3, -0.25) is 5.10 Å². The lowest BCUT2D eigenvalue weighted by molar-refractivity contribution is 0.0522. The number of hydrogen-bond donors (Lipinski definition) is 3. The molecule has 0 spiro atoms. The maximum absolute atomic E-state index is 11.5. The molecule has 0 aliphatic carbocycles. The smallest absolute Gasteiger partial charge is 0.407 e. The lowest BCUT2D eigenvalue weighted by atomic mass is 10.2. The summed E-state index contributed by atoms with van der Waals surface area (Å²) in [6.07, 6.45) is 2.26. The summed E-state index contributed by atoms with van der Waals surface area (Å²) in [5.41, 5.74) is 0.561. The summed E-state index contributed by atoms with van der Waals surface area (Å²) >= 11 is 0. The Morgan fingerprint density at radius 3 is 2.79 bits per heavy atom. The van der Waals surface area contributed by atoms with Crippen molar-refractivity contribution >= 4 is 6.09 Å². The van der Waals surface area contributed by atoms with Gasteiger partial charge in [-0.1, -0.05) is 6.92 Å². The van der Waals surface area contributed by atoms with Gasteiger partial charge in [0.25, 0.3) is 0 Å². The Bertz CT molecular complexity index is 370. The largest absolute Gasteiger partial charge is 0.444 e. The van der Waals surface area contributed by atoms with Gasteiger partial charge < -0.3 is 15.4 Å². The molecular formula is C13H24N4O2. The van der Waals surface area contributed by atoms with E-state index in [0.717, 1.165) is 12.1 Å². The van der Waals surface area contributed by atoms with Gasteiger partial charge in [0.15, 0.2) is 0 Å². The molecule has 1 unspecified atom stereocenters. The first-order chi connectivity index (χ1) is 8.90. The Labute approximate surface area is 114 Å². The number of aromatic amines is 1. The number of ether oxygens (including phenoxy) is 1. The fourth-order valence-electron chi connectivity index (χ4n) is 1.52. The van der Waals surface area contributed by atoms with E-state index in [1.165, 1.54) is 0 Å². The molecule has 0 aromatic carbocycles. The minimum absolute atomic E-state index is 0.204. The number of hydrogen-bond acceptors (Lipinski definition) is 4. The summed E-state index contributed by atoms with van der Waals surface area (Å²) in [6, 6.07) is 2.12. The van der Waals surface area contributed by atoms with Crippen LogP contribution in [0.3, 0.4) is 0 Å². The first-order valence-corrected chi connectivity index (χ1v) is 6.59. The van der Waals surface area contributed by atoms with Gasteiger partial charge in [-0.05, 0) is 33.3 Å². The van der Waals surface area contributed by atoms with E-state index in [2.05, 4.69) is 27.8 Å². The minimum atomic E-state index is -0.463. The summed E-state index contributed by atoms with van der Waals surface area (Å²) in [5, 5.41) is 12.9. The Balaban J connectivity index is 2.26. The molecule has 3 N–H and O–H groups in total. The quantitative estimate of drug-likeness (QED) is 0.735. The van der Waals surface area contributed by atoms with E-state index in [9.17, 15) is 4.79 Å². The first-order valence-electron chi connectivity index (χ1n) is 6.59. The van der Waals surface area contributed by atoms with Crippen molar-refractivity contribution in [3.8, 4) is 0 Å². The molecule has 108 valence electrons. The molecule has 1 aromatic rings. The van der Waals surface area contributed by atoms with Crippen LogP contribution in [0.5, 0.6) is 0 Å². The van der Waals surface area contributed by atoms with Crippen LogP contribution in [0.1, 0.15) is 39.8 Å². The molecule has 1 heterocycles. The molecule has 0 radical (unpaired) electrons. The summed E-state index contributed by atoms with van der Waals surface area (Å²) in [6.45, 7) is 8.86. The van der Waals surface area contributed by atoms with Crippen LogP contribution in [0.15, 0.2) is 12.3 Å². The second kappa shape index (κ2) is 7.13. The van der Waals surface area contributed by atoms with Crippen LogP contribution < -0.4 is 10.6 Å². The van der Waals surface area contributed by atoms with Crippen LogP contribution in [0.25, 0.3) is 0 Å². The predicted octanol–water partition coefficient (Wildman–Crippen LogP) is 1.80. The van der Waals surface area contributed by atoms with Gasteiger partial charge in [0.1, 0.15) is 5.60 Å². The van der Waals surface area contributed by atoms with Crippen molar-refractivity contribution < 1.29 is 9.53 Å². The number of carbonyl (C=O) groups excluding carboxylic acids is 1. The number of H-pyrrole nitrogens is 1. The maximum atomic E-state index is 11.5. The zero-order chi connectivity index (χ0) is 14.3. The van der Waals surface area contributed by atoms with Crippen molar-refractivity contribution in [1.82, 2.24) is 20.8 Å². The fourth-order valence-corrected chi connectivity index (χ4v) is 1.52. The van der Waals surface area contributed by atoms with Crippen LogP contribution in [0.2, 0.25) is 0 Å².